The van der Waals surface area contributed by atoms with Gasteiger partial charge in [-0.15, -0.1) is 0 Å². The molecule has 0 bridgehead atoms. The molecule has 2 heterocycles. The van der Waals surface area contributed by atoms with Crippen LogP contribution in [0.2, 0.25) is 0 Å². The van der Waals surface area contributed by atoms with Crippen molar-refractivity contribution in [1.29, 1.82) is 0 Å². The molecule has 0 spiro atoms. The Labute approximate surface area is 120 Å². The van der Waals surface area contributed by atoms with Crippen molar-refractivity contribution >= 4 is 11.6 Å². The third-order valence-electron chi connectivity index (χ3n) is 3.72. The zero-order valence-electron chi connectivity index (χ0n) is 12.4. The summed E-state index contributed by atoms with van der Waals surface area (Å²) in [6.45, 7) is 8.09. The van der Waals surface area contributed by atoms with E-state index < -0.39 is 0 Å². The minimum atomic E-state index is -0.0306. The number of pyridine rings is 1. The number of likely N-dealkylation sites (N-methyl/N-ethyl adjacent to an activating group) is 1. The lowest BCUT2D eigenvalue weighted by Gasteiger charge is -2.32. The molecule has 1 fully saturated rings. The van der Waals surface area contributed by atoms with E-state index in [9.17, 15) is 4.79 Å². The number of hydrogen-bond acceptors (Lipinski definition) is 4. The van der Waals surface area contributed by atoms with E-state index in [1.807, 2.05) is 13.0 Å². The minimum absolute atomic E-state index is 0.0306. The van der Waals surface area contributed by atoms with Gasteiger partial charge in [0.15, 0.2) is 0 Å². The van der Waals surface area contributed by atoms with Crippen LogP contribution in [-0.4, -0.2) is 48.0 Å². The van der Waals surface area contributed by atoms with Crippen molar-refractivity contribution in [3.8, 4) is 0 Å². The maximum Gasteiger partial charge on any atom is 0.255 e. The smallest absolute Gasteiger partial charge is 0.255 e. The van der Waals surface area contributed by atoms with E-state index in [1.165, 1.54) is 0 Å². The van der Waals surface area contributed by atoms with Crippen LogP contribution in [0.25, 0.3) is 0 Å². The average molecular weight is 276 g/mol. The number of likely N-dealkylation sites (tertiary alicyclic amines) is 1. The molecule has 5 nitrogen and oxygen atoms in total. The van der Waals surface area contributed by atoms with Gasteiger partial charge in [0.05, 0.1) is 11.3 Å². The fourth-order valence-electron chi connectivity index (χ4n) is 2.64. The summed E-state index contributed by atoms with van der Waals surface area (Å²) in [5.74, 6) is -0.0306. The van der Waals surface area contributed by atoms with E-state index in [-0.39, 0.29) is 11.9 Å². The van der Waals surface area contributed by atoms with Gasteiger partial charge in [-0.1, -0.05) is 6.92 Å². The molecule has 1 aromatic heterocycles. The number of rotatable bonds is 5. The number of aromatic nitrogens is 1. The minimum Gasteiger partial charge on any atom is -0.385 e. The topological polar surface area (TPSA) is 57.3 Å². The zero-order valence-corrected chi connectivity index (χ0v) is 12.4. The van der Waals surface area contributed by atoms with Gasteiger partial charge in [-0.25, -0.2) is 0 Å². The van der Waals surface area contributed by atoms with Gasteiger partial charge in [0.2, 0.25) is 0 Å². The van der Waals surface area contributed by atoms with Crippen molar-refractivity contribution in [3.63, 3.8) is 0 Å². The quantitative estimate of drug-likeness (QED) is 0.860. The number of hydrogen-bond donors (Lipinski definition) is 2. The first kappa shape index (κ1) is 14.8. The Morgan fingerprint density at radius 1 is 1.50 bits per heavy atom. The van der Waals surface area contributed by atoms with Crippen LogP contribution in [0.5, 0.6) is 0 Å². The van der Waals surface area contributed by atoms with Crippen LogP contribution in [0.3, 0.4) is 0 Å². The summed E-state index contributed by atoms with van der Waals surface area (Å²) in [6.07, 6.45) is 5.53. The van der Waals surface area contributed by atoms with Gasteiger partial charge in [0.1, 0.15) is 0 Å². The molecule has 2 N–H and O–H groups in total. The summed E-state index contributed by atoms with van der Waals surface area (Å²) in [5, 5.41) is 6.34. The molecule has 1 unspecified atom stereocenters. The molecule has 0 aliphatic carbocycles. The van der Waals surface area contributed by atoms with Crippen LogP contribution >= 0.6 is 0 Å². The van der Waals surface area contributed by atoms with Gasteiger partial charge in [0, 0.05) is 31.5 Å². The molecule has 5 heteroatoms. The lowest BCUT2D eigenvalue weighted by molar-refractivity contribution is 0.0906. The number of carbonyl (C=O) groups is 1. The maximum absolute atomic E-state index is 12.4. The van der Waals surface area contributed by atoms with Crippen LogP contribution in [-0.2, 0) is 0 Å². The van der Waals surface area contributed by atoms with Gasteiger partial charge >= 0.3 is 0 Å². The molecule has 2 rings (SSSR count). The fourth-order valence-corrected chi connectivity index (χ4v) is 2.64. The summed E-state index contributed by atoms with van der Waals surface area (Å²) in [5.41, 5.74) is 1.48. The Balaban J connectivity index is 2.01. The van der Waals surface area contributed by atoms with Crippen molar-refractivity contribution in [3.05, 3.63) is 24.0 Å². The van der Waals surface area contributed by atoms with E-state index >= 15 is 0 Å². The van der Waals surface area contributed by atoms with Crippen molar-refractivity contribution in [1.82, 2.24) is 15.2 Å². The molecule has 1 saturated heterocycles. The second-order valence-electron chi connectivity index (χ2n) is 5.16. The summed E-state index contributed by atoms with van der Waals surface area (Å²) >= 11 is 0. The van der Waals surface area contributed by atoms with E-state index in [2.05, 4.69) is 27.4 Å². The second kappa shape index (κ2) is 7.24. The van der Waals surface area contributed by atoms with E-state index in [4.69, 9.17) is 0 Å². The summed E-state index contributed by atoms with van der Waals surface area (Å²) < 4.78 is 0. The van der Waals surface area contributed by atoms with Gasteiger partial charge in [-0.3, -0.25) is 9.78 Å². The standard InChI is InChI=1S/C15H24N4O/c1-3-17-14-7-8-16-10-13(14)15(20)18-12-6-5-9-19(4-2)11-12/h7-8,10,12H,3-6,9,11H2,1-2H3,(H,16,17)(H,18,20). The van der Waals surface area contributed by atoms with Gasteiger partial charge < -0.3 is 15.5 Å². The largest absolute Gasteiger partial charge is 0.385 e. The molecule has 1 aliphatic heterocycles. The Bertz CT molecular complexity index is 449. The van der Waals surface area contributed by atoms with Gasteiger partial charge in [0.25, 0.3) is 5.91 Å². The number of piperidine rings is 1. The molecule has 110 valence electrons. The molecule has 1 amide bonds. The zero-order chi connectivity index (χ0) is 14.4. The van der Waals surface area contributed by atoms with Crippen LogP contribution in [0.4, 0.5) is 5.69 Å². The molecule has 0 radical (unpaired) electrons. The van der Waals surface area contributed by atoms with E-state index in [0.29, 0.717) is 5.56 Å². The number of nitrogens with one attached hydrogen (secondary N) is 2. The first-order chi connectivity index (χ1) is 9.74. The summed E-state index contributed by atoms with van der Waals surface area (Å²) in [6, 6.07) is 2.09. The lowest BCUT2D eigenvalue weighted by Crippen LogP contribution is -2.47. The van der Waals surface area contributed by atoms with E-state index in [1.54, 1.807) is 12.4 Å². The van der Waals surface area contributed by atoms with Crippen molar-refractivity contribution < 1.29 is 4.79 Å². The first-order valence-electron chi connectivity index (χ1n) is 7.45. The molecule has 1 aromatic rings. The Morgan fingerprint density at radius 2 is 2.35 bits per heavy atom. The predicted octanol–water partition coefficient (Wildman–Crippen LogP) is 1.73. The number of anilines is 1. The molecule has 0 saturated carbocycles. The van der Waals surface area contributed by atoms with Crippen LogP contribution in [0.1, 0.15) is 37.0 Å². The first-order valence-corrected chi connectivity index (χ1v) is 7.45. The van der Waals surface area contributed by atoms with Crippen LogP contribution in [0, 0.1) is 0 Å². The predicted molar refractivity (Wildman–Crippen MR) is 81.0 cm³/mol. The van der Waals surface area contributed by atoms with Crippen molar-refractivity contribution in [2.24, 2.45) is 0 Å². The molecular formula is C15H24N4O. The summed E-state index contributed by atoms with van der Waals surface area (Å²) in [4.78, 5) is 18.8. The van der Waals surface area contributed by atoms with E-state index in [0.717, 1.165) is 44.7 Å². The number of carbonyl (C=O) groups excluding carboxylic acids is 1. The van der Waals surface area contributed by atoms with Crippen molar-refractivity contribution in [2.45, 2.75) is 32.7 Å². The monoisotopic (exact) mass is 276 g/mol. The normalized spacial score (nSPS) is 19.6. The van der Waals surface area contributed by atoms with Crippen LogP contribution in [0.15, 0.2) is 18.5 Å². The highest BCUT2D eigenvalue weighted by atomic mass is 16.1. The van der Waals surface area contributed by atoms with Crippen molar-refractivity contribution in [2.75, 3.05) is 31.5 Å². The average Bonchev–Trinajstić information content (AvgIpc) is 2.48. The Hall–Kier alpha value is -1.62. The fraction of sp³-hybridized carbons (Fsp3) is 0.600. The molecule has 0 aromatic carbocycles. The highest BCUT2D eigenvalue weighted by molar-refractivity contribution is 5.99. The molecule has 1 atom stereocenters. The second-order valence-corrected chi connectivity index (χ2v) is 5.16. The third-order valence-corrected chi connectivity index (χ3v) is 3.72. The SMILES string of the molecule is CCNc1ccncc1C(=O)NC1CCCN(CC)C1. The third kappa shape index (κ3) is 3.70. The van der Waals surface area contributed by atoms with Crippen LogP contribution < -0.4 is 10.6 Å². The molecule has 1 aliphatic rings. The molecule has 20 heavy (non-hydrogen) atoms. The molecular weight excluding hydrogens is 252 g/mol. The van der Waals surface area contributed by atoms with Gasteiger partial charge in [-0.05, 0) is 38.9 Å². The van der Waals surface area contributed by atoms with Gasteiger partial charge in [-0.2, -0.15) is 0 Å². The number of nitrogens with zero attached hydrogens (tertiary/aromatic N) is 2. The lowest BCUT2D eigenvalue weighted by atomic mass is 10.1. The number of amides is 1. The Morgan fingerprint density at radius 3 is 3.10 bits per heavy atom. The Kier molecular flexibility index (Phi) is 5.35. The maximum atomic E-state index is 12.4. The highest BCUT2D eigenvalue weighted by Crippen LogP contribution is 2.15. The highest BCUT2D eigenvalue weighted by Gasteiger charge is 2.21. The summed E-state index contributed by atoms with van der Waals surface area (Å²) in [7, 11) is 0.